The molecule has 2 rings (SSSR count). The third-order valence-corrected chi connectivity index (χ3v) is 3.40. The first-order valence-electron chi connectivity index (χ1n) is 6.37. The molecule has 0 unspecified atom stereocenters. The molecular weight excluding hydrogens is 261 g/mol. The van der Waals surface area contributed by atoms with Crippen LogP contribution in [0.15, 0.2) is 36.4 Å². The Kier molecular flexibility index (Phi) is 4.56. The molecule has 0 spiro atoms. The fraction of sp³-hybridized carbons (Fsp3) is 0.250. The van der Waals surface area contributed by atoms with E-state index in [0.29, 0.717) is 10.6 Å². The van der Waals surface area contributed by atoms with E-state index < -0.39 is 0 Å². The zero-order valence-electron chi connectivity index (χ0n) is 11.1. The molecule has 0 atom stereocenters. The molecule has 0 radical (unpaired) electrons. The van der Waals surface area contributed by atoms with E-state index in [0.717, 1.165) is 29.8 Å². The van der Waals surface area contributed by atoms with Gasteiger partial charge in [0.05, 0.1) is 0 Å². The molecule has 2 aromatic carbocycles. The van der Waals surface area contributed by atoms with Gasteiger partial charge in [-0.2, -0.15) is 0 Å². The van der Waals surface area contributed by atoms with Gasteiger partial charge in [0, 0.05) is 17.1 Å². The van der Waals surface area contributed by atoms with Crippen molar-refractivity contribution in [3.8, 4) is 11.1 Å². The van der Waals surface area contributed by atoms with Crippen molar-refractivity contribution in [2.45, 2.75) is 20.4 Å². The van der Waals surface area contributed by atoms with Crippen LogP contribution in [0.5, 0.6) is 0 Å². The van der Waals surface area contributed by atoms with Crippen molar-refractivity contribution >= 4 is 11.6 Å². The molecule has 0 amide bonds. The fourth-order valence-electron chi connectivity index (χ4n) is 1.98. The third kappa shape index (κ3) is 3.34. The lowest BCUT2D eigenvalue weighted by Crippen LogP contribution is -2.11. The van der Waals surface area contributed by atoms with E-state index in [1.807, 2.05) is 38.1 Å². The van der Waals surface area contributed by atoms with Crippen LogP contribution in [0.3, 0.4) is 0 Å². The molecule has 0 saturated heterocycles. The first kappa shape index (κ1) is 14.0. The molecule has 0 aromatic heterocycles. The lowest BCUT2D eigenvalue weighted by atomic mass is 10.0. The second-order valence-electron chi connectivity index (χ2n) is 4.57. The van der Waals surface area contributed by atoms with Crippen molar-refractivity contribution in [1.82, 2.24) is 5.32 Å². The van der Waals surface area contributed by atoms with Gasteiger partial charge in [0.1, 0.15) is 5.82 Å². The zero-order valence-corrected chi connectivity index (χ0v) is 11.9. The van der Waals surface area contributed by atoms with Crippen LogP contribution in [0, 0.1) is 12.7 Å². The fourth-order valence-corrected chi connectivity index (χ4v) is 2.23. The van der Waals surface area contributed by atoms with E-state index in [1.165, 1.54) is 6.07 Å². The van der Waals surface area contributed by atoms with Crippen LogP contribution >= 0.6 is 11.6 Å². The Morgan fingerprint density at radius 3 is 2.63 bits per heavy atom. The number of nitrogens with one attached hydrogen (secondary N) is 1. The highest BCUT2D eigenvalue weighted by atomic mass is 35.5. The van der Waals surface area contributed by atoms with Crippen LogP contribution in [-0.4, -0.2) is 6.54 Å². The number of benzene rings is 2. The average molecular weight is 278 g/mol. The second kappa shape index (κ2) is 6.18. The summed E-state index contributed by atoms with van der Waals surface area (Å²) in [6.45, 7) is 5.62. The highest BCUT2D eigenvalue weighted by Gasteiger charge is 2.08. The quantitative estimate of drug-likeness (QED) is 0.864. The Hall–Kier alpha value is -1.38. The van der Waals surface area contributed by atoms with Gasteiger partial charge in [-0.25, -0.2) is 4.39 Å². The van der Waals surface area contributed by atoms with Gasteiger partial charge in [0.25, 0.3) is 0 Å². The Morgan fingerprint density at radius 1 is 1.16 bits per heavy atom. The molecule has 3 heteroatoms. The van der Waals surface area contributed by atoms with Crippen LogP contribution in [0.25, 0.3) is 11.1 Å². The molecule has 0 aliphatic carbocycles. The van der Waals surface area contributed by atoms with E-state index in [4.69, 9.17) is 11.6 Å². The van der Waals surface area contributed by atoms with Crippen molar-refractivity contribution in [2.75, 3.05) is 6.54 Å². The molecular formula is C16H17ClFN. The van der Waals surface area contributed by atoms with Crippen LogP contribution < -0.4 is 5.32 Å². The minimum Gasteiger partial charge on any atom is -0.313 e. The zero-order chi connectivity index (χ0) is 13.8. The van der Waals surface area contributed by atoms with Gasteiger partial charge < -0.3 is 5.32 Å². The lowest BCUT2D eigenvalue weighted by Gasteiger charge is -2.09. The molecule has 0 heterocycles. The van der Waals surface area contributed by atoms with Gasteiger partial charge in [-0.3, -0.25) is 0 Å². The maximum absolute atomic E-state index is 13.8. The predicted octanol–water partition coefficient (Wildman–Crippen LogP) is 4.56. The molecule has 0 aliphatic heterocycles. The van der Waals surface area contributed by atoms with Crippen LogP contribution in [0.1, 0.15) is 18.1 Å². The predicted molar refractivity (Wildman–Crippen MR) is 79.0 cm³/mol. The van der Waals surface area contributed by atoms with Gasteiger partial charge in [-0.1, -0.05) is 42.3 Å². The van der Waals surface area contributed by atoms with Crippen molar-refractivity contribution < 1.29 is 4.39 Å². The van der Waals surface area contributed by atoms with Crippen molar-refractivity contribution in [1.29, 1.82) is 0 Å². The maximum atomic E-state index is 13.8. The summed E-state index contributed by atoms with van der Waals surface area (Å²) in [5, 5.41) is 3.89. The average Bonchev–Trinajstić information content (AvgIpc) is 2.40. The first-order valence-corrected chi connectivity index (χ1v) is 6.75. The maximum Gasteiger partial charge on any atom is 0.131 e. The van der Waals surface area contributed by atoms with Gasteiger partial charge in [-0.15, -0.1) is 0 Å². The smallest absolute Gasteiger partial charge is 0.131 e. The summed E-state index contributed by atoms with van der Waals surface area (Å²) < 4.78 is 13.8. The Labute approximate surface area is 118 Å². The highest BCUT2D eigenvalue weighted by molar-refractivity contribution is 6.31. The Bertz CT molecular complexity index is 581. The number of halogens is 2. The first-order chi connectivity index (χ1) is 9.11. The normalized spacial score (nSPS) is 10.7. The molecule has 100 valence electrons. The molecule has 0 bridgehead atoms. The lowest BCUT2D eigenvalue weighted by molar-refractivity contribution is 0.631. The van der Waals surface area contributed by atoms with Crippen LogP contribution in [0.2, 0.25) is 5.02 Å². The second-order valence-corrected chi connectivity index (χ2v) is 4.98. The molecule has 2 aromatic rings. The molecule has 1 N–H and O–H groups in total. The number of hydrogen-bond acceptors (Lipinski definition) is 1. The topological polar surface area (TPSA) is 12.0 Å². The summed E-state index contributed by atoms with van der Waals surface area (Å²) in [4.78, 5) is 0. The van der Waals surface area contributed by atoms with Crippen molar-refractivity contribution in [3.63, 3.8) is 0 Å². The third-order valence-electron chi connectivity index (χ3n) is 3.05. The summed E-state index contributed by atoms with van der Waals surface area (Å²) in [6, 6.07) is 10.8. The molecule has 0 aliphatic rings. The molecule has 0 fully saturated rings. The van der Waals surface area contributed by atoms with Crippen molar-refractivity contribution in [2.24, 2.45) is 0 Å². The summed E-state index contributed by atoms with van der Waals surface area (Å²) in [6.07, 6.45) is 0. The van der Waals surface area contributed by atoms with Gasteiger partial charge in [0.15, 0.2) is 0 Å². The van der Waals surface area contributed by atoms with Gasteiger partial charge in [0.2, 0.25) is 0 Å². The molecule has 19 heavy (non-hydrogen) atoms. The van der Waals surface area contributed by atoms with Gasteiger partial charge >= 0.3 is 0 Å². The largest absolute Gasteiger partial charge is 0.313 e. The molecule has 0 saturated carbocycles. The van der Waals surface area contributed by atoms with E-state index in [1.54, 1.807) is 6.07 Å². The van der Waals surface area contributed by atoms with Crippen molar-refractivity contribution in [3.05, 3.63) is 58.4 Å². The number of rotatable bonds is 4. The van der Waals surface area contributed by atoms with E-state index in [9.17, 15) is 4.39 Å². The Balaban J connectivity index is 2.36. The van der Waals surface area contributed by atoms with Crippen LogP contribution in [0.4, 0.5) is 4.39 Å². The van der Waals surface area contributed by atoms with E-state index >= 15 is 0 Å². The summed E-state index contributed by atoms with van der Waals surface area (Å²) in [7, 11) is 0. The number of aryl methyl sites for hydroxylation is 1. The highest BCUT2D eigenvalue weighted by Crippen LogP contribution is 2.28. The van der Waals surface area contributed by atoms with E-state index in [-0.39, 0.29) is 5.82 Å². The summed E-state index contributed by atoms with van der Waals surface area (Å²) >= 11 is 6.24. The van der Waals surface area contributed by atoms with Crippen LogP contribution in [-0.2, 0) is 6.54 Å². The van der Waals surface area contributed by atoms with Gasteiger partial charge in [-0.05, 0) is 42.8 Å². The van der Waals surface area contributed by atoms with E-state index in [2.05, 4.69) is 5.32 Å². The standard InChI is InChI=1S/C16H17ClFN/c1-3-19-10-13-6-5-12(9-15(13)17)14-8-11(2)4-7-16(14)18/h4-9,19H,3,10H2,1-2H3. The summed E-state index contributed by atoms with van der Waals surface area (Å²) in [5.74, 6) is -0.221. The minimum absolute atomic E-state index is 0.221. The number of hydrogen-bond donors (Lipinski definition) is 1. The monoisotopic (exact) mass is 277 g/mol. The summed E-state index contributed by atoms with van der Waals surface area (Å²) in [5.41, 5.74) is 3.47. The Morgan fingerprint density at radius 2 is 1.95 bits per heavy atom. The SMILES string of the molecule is CCNCc1ccc(-c2cc(C)ccc2F)cc1Cl. The molecule has 1 nitrogen and oxygen atoms in total. The minimum atomic E-state index is -0.221.